The van der Waals surface area contributed by atoms with Gasteiger partial charge in [0, 0.05) is 16.6 Å². The fraction of sp³-hybridized carbons (Fsp3) is 0.500. The summed E-state index contributed by atoms with van der Waals surface area (Å²) in [6.45, 7) is 9.98. The molecule has 6 heteroatoms. The first-order valence-corrected chi connectivity index (χ1v) is 8.57. The molecule has 0 radical (unpaired) electrons. The van der Waals surface area contributed by atoms with Crippen LogP contribution < -0.4 is 9.80 Å². The maximum Gasteiger partial charge on any atom is 0.186 e. The fourth-order valence-electron chi connectivity index (χ4n) is 3.14. The summed E-state index contributed by atoms with van der Waals surface area (Å²) in [4.78, 5) is 23.8. The van der Waals surface area contributed by atoms with Crippen molar-refractivity contribution in [3.8, 4) is 11.4 Å². The van der Waals surface area contributed by atoms with E-state index >= 15 is 0 Å². The molecule has 3 heterocycles. The zero-order valence-electron chi connectivity index (χ0n) is 13.6. The molecule has 118 valence electrons. The molecule has 1 aliphatic rings. The van der Waals surface area contributed by atoms with Crippen LogP contribution in [-0.2, 0) is 0 Å². The summed E-state index contributed by atoms with van der Waals surface area (Å²) in [5.74, 6) is 0.106. The molecule has 22 heavy (non-hydrogen) atoms. The van der Waals surface area contributed by atoms with Gasteiger partial charge in [-0.25, -0.2) is 4.98 Å². The Balaban J connectivity index is 1.88. The average Bonchev–Trinajstić information content (AvgIpc) is 3.04. The van der Waals surface area contributed by atoms with E-state index in [4.69, 9.17) is 4.98 Å². The lowest BCUT2D eigenvalue weighted by Crippen LogP contribution is -3.12. The zero-order chi connectivity index (χ0) is 15.9. The molecule has 5 nitrogen and oxygen atoms in total. The van der Waals surface area contributed by atoms with Gasteiger partial charge in [-0.1, -0.05) is 0 Å². The van der Waals surface area contributed by atoms with Crippen molar-refractivity contribution in [1.29, 1.82) is 0 Å². The molecule has 0 bridgehead atoms. The largest absolute Gasteiger partial charge is 0.356 e. The number of nitrogens with one attached hydrogen (secondary N) is 2. The summed E-state index contributed by atoms with van der Waals surface area (Å²) >= 11 is 1.68. The molecular weight excluding hydrogens is 296 g/mol. The molecule has 0 spiro atoms. The van der Waals surface area contributed by atoms with Crippen LogP contribution in [0.15, 0.2) is 5.38 Å². The topological polar surface area (TPSA) is 53.4 Å². The lowest BCUT2D eigenvalue weighted by atomic mass is 10.1. The third kappa shape index (κ3) is 2.68. The van der Waals surface area contributed by atoms with Gasteiger partial charge in [0.2, 0.25) is 0 Å². The minimum atomic E-state index is 0.106. The quantitative estimate of drug-likeness (QED) is 0.838. The molecule has 2 N–H and O–H groups in total. The van der Waals surface area contributed by atoms with Gasteiger partial charge in [-0.3, -0.25) is 4.79 Å². The van der Waals surface area contributed by atoms with Crippen LogP contribution in [0.5, 0.6) is 0 Å². The minimum absolute atomic E-state index is 0.106. The van der Waals surface area contributed by atoms with Crippen LogP contribution in [-0.4, -0.2) is 49.0 Å². The Labute approximate surface area is 135 Å². The number of nitrogens with zero attached hydrogens (tertiary/aromatic N) is 2. The van der Waals surface area contributed by atoms with Crippen molar-refractivity contribution in [2.75, 3.05) is 38.1 Å². The maximum atomic E-state index is 11.8. The molecule has 0 aromatic carbocycles. The van der Waals surface area contributed by atoms with Crippen molar-refractivity contribution in [1.82, 2.24) is 9.97 Å². The number of aromatic amines is 1. The first kappa shape index (κ1) is 15.2. The van der Waals surface area contributed by atoms with Gasteiger partial charge >= 0.3 is 0 Å². The number of rotatable bonds is 3. The molecule has 0 saturated carbocycles. The number of hydrogen-bond acceptors (Lipinski definition) is 4. The van der Waals surface area contributed by atoms with Gasteiger partial charge in [0.05, 0.1) is 38.9 Å². The standard InChI is InChI=1S/C16H22N4OS/c1-10-14(12(3)21)11(2)17-15(10)13-9-22-16(18-13)20-7-5-19(4)6-8-20/h9,17H,5-8H2,1-4H3/p+1. The van der Waals surface area contributed by atoms with Gasteiger partial charge in [-0.05, 0) is 26.3 Å². The third-order valence-corrected chi connectivity index (χ3v) is 5.33. The van der Waals surface area contributed by atoms with Crippen LogP contribution in [0.1, 0.15) is 28.5 Å². The van der Waals surface area contributed by atoms with Gasteiger partial charge in [-0.2, -0.15) is 0 Å². The van der Waals surface area contributed by atoms with E-state index in [1.54, 1.807) is 23.2 Å². The van der Waals surface area contributed by atoms with Crippen molar-refractivity contribution in [3.05, 3.63) is 22.2 Å². The van der Waals surface area contributed by atoms with Crippen molar-refractivity contribution in [2.45, 2.75) is 20.8 Å². The molecule has 0 atom stereocenters. The van der Waals surface area contributed by atoms with E-state index in [0.717, 1.165) is 59.5 Å². The number of H-pyrrole nitrogens is 1. The van der Waals surface area contributed by atoms with Crippen molar-refractivity contribution < 1.29 is 9.69 Å². The van der Waals surface area contributed by atoms with E-state index in [1.807, 2.05) is 13.8 Å². The number of aryl methyl sites for hydroxylation is 1. The van der Waals surface area contributed by atoms with Crippen LogP contribution in [0.3, 0.4) is 0 Å². The first-order valence-electron chi connectivity index (χ1n) is 7.69. The number of anilines is 1. The highest BCUT2D eigenvalue weighted by molar-refractivity contribution is 7.14. The molecule has 2 aromatic rings. The molecule has 1 saturated heterocycles. The molecule has 3 rings (SSSR count). The maximum absolute atomic E-state index is 11.8. The number of hydrogen-bond donors (Lipinski definition) is 2. The highest BCUT2D eigenvalue weighted by atomic mass is 32.1. The number of piperazine rings is 1. The Morgan fingerprint density at radius 3 is 2.64 bits per heavy atom. The number of likely N-dealkylation sites (N-methyl/N-ethyl adjacent to an activating group) is 1. The lowest BCUT2D eigenvalue weighted by Gasteiger charge is -2.29. The smallest absolute Gasteiger partial charge is 0.186 e. The van der Waals surface area contributed by atoms with Gasteiger partial charge in [0.25, 0.3) is 0 Å². The Kier molecular flexibility index (Phi) is 4.06. The van der Waals surface area contributed by atoms with Crippen molar-refractivity contribution >= 4 is 22.3 Å². The van der Waals surface area contributed by atoms with Crippen LogP contribution in [0.4, 0.5) is 5.13 Å². The SMILES string of the molecule is CC(=O)c1c(C)[nH]c(-c2csc(N3CC[NH+](C)CC3)n2)c1C. The number of ketones is 1. The van der Waals surface area contributed by atoms with Crippen LogP contribution in [0, 0.1) is 13.8 Å². The number of Topliss-reactive ketones (excluding diaryl/α,β-unsaturated/α-hetero) is 1. The van der Waals surface area contributed by atoms with Crippen LogP contribution in [0.25, 0.3) is 11.4 Å². The molecule has 0 aliphatic carbocycles. The van der Waals surface area contributed by atoms with Gasteiger partial charge in [0.1, 0.15) is 5.69 Å². The number of aromatic nitrogens is 2. The summed E-state index contributed by atoms with van der Waals surface area (Å²) in [6.07, 6.45) is 0. The van der Waals surface area contributed by atoms with Crippen molar-refractivity contribution in [3.63, 3.8) is 0 Å². The first-order chi connectivity index (χ1) is 10.5. The second-order valence-electron chi connectivity index (χ2n) is 6.14. The van der Waals surface area contributed by atoms with Crippen LogP contribution >= 0.6 is 11.3 Å². The van der Waals surface area contributed by atoms with E-state index in [-0.39, 0.29) is 5.78 Å². The average molecular weight is 319 g/mol. The fourth-order valence-corrected chi connectivity index (χ4v) is 4.01. The van der Waals surface area contributed by atoms with Crippen LogP contribution in [0.2, 0.25) is 0 Å². The molecule has 0 unspecified atom stereocenters. The Hall–Kier alpha value is -1.66. The summed E-state index contributed by atoms with van der Waals surface area (Å²) < 4.78 is 0. The predicted molar refractivity (Wildman–Crippen MR) is 90.2 cm³/mol. The van der Waals surface area contributed by atoms with E-state index in [9.17, 15) is 4.79 Å². The Bertz CT molecular complexity index is 695. The molecule has 0 amide bonds. The summed E-state index contributed by atoms with van der Waals surface area (Å²) in [5, 5.41) is 3.17. The monoisotopic (exact) mass is 319 g/mol. The van der Waals surface area contributed by atoms with E-state index < -0.39 is 0 Å². The summed E-state index contributed by atoms with van der Waals surface area (Å²) in [6, 6.07) is 0. The highest BCUT2D eigenvalue weighted by Crippen LogP contribution is 2.31. The van der Waals surface area contributed by atoms with E-state index in [2.05, 4.69) is 22.3 Å². The lowest BCUT2D eigenvalue weighted by molar-refractivity contribution is -0.880. The number of thiazole rings is 1. The number of carbonyl (C=O) groups excluding carboxylic acids is 1. The Morgan fingerprint density at radius 2 is 2.05 bits per heavy atom. The molecule has 1 fully saturated rings. The normalized spacial score (nSPS) is 16.3. The van der Waals surface area contributed by atoms with Gasteiger partial charge in [0.15, 0.2) is 10.9 Å². The highest BCUT2D eigenvalue weighted by Gasteiger charge is 2.22. The van der Waals surface area contributed by atoms with E-state index in [1.165, 1.54) is 0 Å². The van der Waals surface area contributed by atoms with Gasteiger partial charge in [-0.15, -0.1) is 11.3 Å². The third-order valence-electron chi connectivity index (χ3n) is 4.43. The van der Waals surface area contributed by atoms with Crippen molar-refractivity contribution in [2.24, 2.45) is 0 Å². The number of quaternary nitrogens is 1. The Morgan fingerprint density at radius 1 is 1.36 bits per heavy atom. The van der Waals surface area contributed by atoms with Gasteiger partial charge < -0.3 is 14.8 Å². The predicted octanol–water partition coefficient (Wildman–Crippen LogP) is 1.29. The van der Waals surface area contributed by atoms with E-state index in [0.29, 0.717) is 0 Å². The minimum Gasteiger partial charge on any atom is -0.356 e. The summed E-state index contributed by atoms with van der Waals surface area (Å²) in [5.41, 5.74) is 4.65. The molecule has 1 aliphatic heterocycles. The second kappa shape index (κ2) is 5.85. The summed E-state index contributed by atoms with van der Waals surface area (Å²) in [7, 11) is 2.24. The second-order valence-corrected chi connectivity index (χ2v) is 6.98. The molecular formula is C16H23N4OS+. The molecule has 2 aromatic heterocycles. The number of carbonyl (C=O) groups is 1. The zero-order valence-corrected chi connectivity index (χ0v) is 14.4.